The monoisotopic (exact) mass is 284 g/mol. The molecule has 104 valence electrons. The Bertz CT molecular complexity index is 783. The number of nitrogens with zero attached hydrogens (tertiary/aromatic N) is 2. The van der Waals surface area contributed by atoms with Gasteiger partial charge in [-0.25, -0.2) is 4.79 Å². The van der Waals surface area contributed by atoms with Gasteiger partial charge in [0.25, 0.3) is 5.69 Å². The Morgan fingerprint density at radius 2 is 2.14 bits per heavy atom. The number of aliphatic carboxylic acids is 1. The highest BCUT2D eigenvalue weighted by molar-refractivity contribution is 5.96. The van der Waals surface area contributed by atoms with Crippen LogP contribution in [0.1, 0.15) is 5.76 Å². The van der Waals surface area contributed by atoms with Crippen LogP contribution in [0.25, 0.3) is 17.4 Å². The van der Waals surface area contributed by atoms with Gasteiger partial charge in [0.05, 0.1) is 4.92 Å². The summed E-state index contributed by atoms with van der Waals surface area (Å²) in [7, 11) is 0. The van der Waals surface area contributed by atoms with Crippen molar-refractivity contribution in [3.8, 4) is 17.4 Å². The lowest BCUT2D eigenvalue weighted by atomic mass is 10.1. The average molecular weight is 284 g/mol. The Labute approximate surface area is 118 Å². The lowest BCUT2D eigenvalue weighted by molar-refractivity contribution is -0.384. The standard InChI is InChI=1S/C14H8N2O5/c15-8-10(14(17)18)7-12-4-5-13(21-12)9-2-1-3-11(6-9)16(19)20/h1-7H,(H,17,18)/b10-7+. The molecule has 0 saturated heterocycles. The molecule has 0 aliphatic rings. The van der Waals surface area contributed by atoms with Gasteiger partial charge in [-0.1, -0.05) is 12.1 Å². The molecule has 0 atom stereocenters. The summed E-state index contributed by atoms with van der Waals surface area (Å²) in [6, 6.07) is 10.4. The van der Waals surface area contributed by atoms with Crippen LogP contribution < -0.4 is 0 Å². The Balaban J connectivity index is 2.37. The van der Waals surface area contributed by atoms with E-state index in [1.807, 2.05) is 0 Å². The smallest absolute Gasteiger partial charge is 0.346 e. The molecule has 0 aliphatic heterocycles. The van der Waals surface area contributed by atoms with Crippen LogP contribution in [0.15, 0.2) is 46.4 Å². The van der Waals surface area contributed by atoms with Crippen molar-refractivity contribution in [2.45, 2.75) is 0 Å². The van der Waals surface area contributed by atoms with E-state index in [4.69, 9.17) is 14.8 Å². The topological polar surface area (TPSA) is 117 Å². The van der Waals surface area contributed by atoms with Gasteiger partial charge >= 0.3 is 5.97 Å². The molecule has 0 saturated carbocycles. The molecule has 0 unspecified atom stereocenters. The summed E-state index contributed by atoms with van der Waals surface area (Å²) in [6.45, 7) is 0. The average Bonchev–Trinajstić information content (AvgIpc) is 2.93. The van der Waals surface area contributed by atoms with E-state index in [1.54, 1.807) is 12.1 Å². The van der Waals surface area contributed by atoms with E-state index in [0.717, 1.165) is 6.08 Å². The molecule has 7 nitrogen and oxygen atoms in total. The van der Waals surface area contributed by atoms with Crippen molar-refractivity contribution >= 4 is 17.7 Å². The fourth-order valence-corrected chi connectivity index (χ4v) is 1.64. The van der Waals surface area contributed by atoms with E-state index in [9.17, 15) is 14.9 Å². The Hall–Kier alpha value is -3.40. The first-order valence-corrected chi connectivity index (χ1v) is 5.71. The van der Waals surface area contributed by atoms with Crippen LogP contribution in [0.4, 0.5) is 5.69 Å². The zero-order chi connectivity index (χ0) is 15.4. The second kappa shape index (κ2) is 5.71. The number of nitriles is 1. The highest BCUT2D eigenvalue weighted by Crippen LogP contribution is 2.26. The number of hydrogen-bond donors (Lipinski definition) is 1. The quantitative estimate of drug-likeness (QED) is 0.399. The second-order valence-electron chi connectivity index (χ2n) is 3.98. The third kappa shape index (κ3) is 3.13. The van der Waals surface area contributed by atoms with Crippen LogP contribution in [-0.2, 0) is 4.79 Å². The number of rotatable bonds is 4. The van der Waals surface area contributed by atoms with Gasteiger partial charge in [0.15, 0.2) is 0 Å². The Morgan fingerprint density at radius 1 is 1.38 bits per heavy atom. The molecule has 1 aromatic heterocycles. The predicted molar refractivity (Wildman–Crippen MR) is 72.0 cm³/mol. The van der Waals surface area contributed by atoms with Gasteiger partial charge in [-0.3, -0.25) is 10.1 Å². The van der Waals surface area contributed by atoms with Crippen molar-refractivity contribution in [3.05, 3.63) is 57.8 Å². The van der Waals surface area contributed by atoms with Crippen molar-refractivity contribution in [1.29, 1.82) is 5.26 Å². The largest absolute Gasteiger partial charge is 0.477 e. The van der Waals surface area contributed by atoms with Crippen LogP contribution in [0.2, 0.25) is 0 Å². The maximum Gasteiger partial charge on any atom is 0.346 e. The minimum absolute atomic E-state index is 0.0794. The van der Waals surface area contributed by atoms with E-state index in [1.165, 1.54) is 30.3 Å². The van der Waals surface area contributed by atoms with E-state index >= 15 is 0 Å². The van der Waals surface area contributed by atoms with E-state index in [0.29, 0.717) is 11.3 Å². The molecule has 0 radical (unpaired) electrons. The molecule has 0 aliphatic carbocycles. The van der Waals surface area contributed by atoms with Crippen molar-refractivity contribution in [1.82, 2.24) is 0 Å². The minimum Gasteiger partial charge on any atom is -0.477 e. The van der Waals surface area contributed by atoms with Crippen LogP contribution in [0.5, 0.6) is 0 Å². The number of carbonyl (C=O) groups is 1. The molecule has 21 heavy (non-hydrogen) atoms. The second-order valence-corrected chi connectivity index (χ2v) is 3.98. The number of nitro groups is 1. The third-order valence-corrected chi connectivity index (χ3v) is 2.61. The predicted octanol–water partition coefficient (Wildman–Crippen LogP) is 2.85. The third-order valence-electron chi connectivity index (χ3n) is 2.61. The van der Waals surface area contributed by atoms with Crippen molar-refractivity contribution in [2.24, 2.45) is 0 Å². The van der Waals surface area contributed by atoms with Gasteiger partial charge in [-0.2, -0.15) is 5.26 Å². The summed E-state index contributed by atoms with van der Waals surface area (Å²) in [5.74, 6) is -0.839. The molecule has 1 aromatic carbocycles. The minimum atomic E-state index is -1.36. The first-order chi connectivity index (χ1) is 10.0. The van der Waals surface area contributed by atoms with E-state index < -0.39 is 16.5 Å². The number of hydrogen-bond acceptors (Lipinski definition) is 5. The normalized spacial score (nSPS) is 10.9. The van der Waals surface area contributed by atoms with Crippen LogP contribution in [-0.4, -0.2) is 16.0 Å². The lowest BCUT2D eigenvalue weighted by Gasteiger charge is -1.97. The zero-order valence-corrected chi connectivity index (χ0v) is 10.5. The molecule has 7 heteroatoms. The molecule has 0 spiro atoms. The summed E-state index contributed by atoms with van der Waals surface area (Å²) < 4.78 is 5.37. The maximum atomic E-state index is 10.7. The first kappa shape index (κ1) is 14.0. The lowest BCUT2D eigenvalue weighted by Crippen LogP contribution is -1.96. The van der Waals surface area contributed by atoms with Crippen molar-refractivity contribution < 1.29 is 19.2 Å². The highest BCUT2D eigenvalue weighted by atomic mass is 16.6. The molecular formula is C14H8N2O5. The fourth-order valence-electron chi connectivity index (χ4n) is 1.64. The van der Waals surface area contributed by atoms with Gasteiger partial charge in [-0.05, 0) is 12.1 Å². The molecule has 0 amide bonds. The maximum absolute atomic E-state index is 10.7. The number of nitro benzene ring substituents is 1. The van der Waals surface area contributed by atoms with Gasteiger partial charge < -0.3 is 9.52 Å². The summed E-state index contributed by atoms with van der Waals surface area (Å²) in [5.41, 5.74) is -0.0585. The summed E-state index contributed by atoms with van der Waals surface area (Å²) >= 11 is 0. The summed E-state index contributed by atoms with van der Waals surface area (Å²) in [6.07, 6.45) is 1.09. The van der Waals surface area contributed by atoms with E-state index in [2.05, 4.69) is 0 Å². The molecule has 1 N–H and O–H groups in total. The molecule has 2 aromatic rings. The molecular weight excluding hydrogens is 276 g/mol. The molecule has 1 heterocycles. The number of furan rings is 1. The summed E-state index contributed by atoms with van der Waals surface area (Å²) in [5, 5.41) is 28.1. The molecule has 0 fully saturated rings. The highest BCUT2D eigenvalue weighted by Gasteiger charge is 2.11. The number of carboxylic acid groups (broad SMARTS) is 1. The Morgan fingerprint density at radius 3 is 2.76 bits per heavy atom. The number of carboxylic acids is 1. The van der Waals surface area contributed by atoms with Gasteiger partial charge in [0, 0.05) is 23.8 Å². The first-order valence-electron chi connectivity index (χ1n) is 5.71. The van der Waals surface area contributed by atoms with Gasteiger partial charge in [0.2, 0.25) is 0 Å². The zero-order valence-electron chi connectivity index (χ0n) is 10.5. The number of benzene rings is 1. The van der Waals surface area contributed by atoms with E-state index in [-0.39, 0.29) is 11.4 Å². The molecule has 0 bridgehead atoms. The summed E-state index contributed by atoms with van der Waals surface area (Å²) in [4.78, 5) is 20.9. The fraction of sp³-hybridized carbons (Fsp3) is 0. The van der Waals surface area contributed by atoms with Gasteiger partial charge in [0.1, 0.15) is 23.2 Å². The van der Waals surface area contributed by atoms with Gasteiger partial charge in [-0.15, -0.1) is 0 Å². The van der Waals surface area contributed by atoms with Crippen LogP contribution in [0, 0.1) is 21.4 Å². The van der Waals surface area contributed by atoms with Crippen LogP contribution in [0.3, 0.4) is 0 Å². The Kier molecular flexibility index (Phi) is 3.81. The van der Waals surface area contributed by atoms with Crippen molar-refractivity contribution in [2.75, 3.05) is 0 Å². The molecule has 2 rings (SSSR count). The SMILES string of the molecule is N#C/C(=C\c1ccc(-c2cccc([N+](=O)[O-])c2)o1)C(=O)O. The van der Waals surface area contributed by atoms with Crippen LogP contribution >= 0.6 is 0 Å². The number of non-ortho nitro benzene ring substituents is 1. The van der Waals surface area contributed by atoms with Crippen molar-refractivity contribution in [3.63, 3.8) is 0 Å².